The number of rotatable bonds is 7. The number of anilines is 1. The van der Waals surface area contributed by atoms with Crippen LogP contribution < -0.4 is 15.0 Å². The topological polar surface area (TPSA) is 60.6 Å². The van der Waals surface area contributed by atoms with Crippen molar-refractivity contribution in [3.63, 3.8) is 0 Å². The SMILES string of the molecule is COc1ccc(C)cc1C[NH+](C)CC(=O)Nc1cc(C)nn1-c1ccc(C)cc1. The number of nitrogens with one attached hydrogen (secondary N) is 2. The fraction of sp³-hybridized carbons (Fsp3) is 0.304. The van der Waals surface area contributed by atoms with Crippen LogP contribution in [0.3, 0.4) is 0 Å². The Morgan fingerprint density at radius 2 is 1.76 bits per heavy atom. The number of nitrogens with zero attached hydrogens (tertiary/aromatic N) is 2. The Morgan fingerprint density at radius 1 is 1.07 bits per heavy atom. The largest absolute Gasteiger partial charge is 0.496 e. The summed E-state index contributed by atoms with van der Waals surface area (Å²) in [7, 11) is 3.68. The van der Waals surface area contributed by atoms with E-state index in [2.05, 4.69) is 23.4 Å². The molecular weight excluding hydrogens is 364 g/mol. The van der Waals surface area contributed by atoms with Crippen molar-refractivity contribution in [2.75, 3.05) is 26.0 Å². The van der Waals surface area contributed by atoms with E-state index in [4.69, 9.17) is 4.74 Å². The highest BCUT2D eigenvalue weighted by molar-refractivity contribution is 5.91. The fourth-order valence-electron chi connectivity index (χ4n) is 3.37. The molecule has 1 atom stereocenters. The van der Waals surface area contributed by atoms with Crippen LogP contribution in [0.1, 0.15) is 22.4 Å². The summed E-state index contributed by atoms with van der Waals surface area (Å²) < 4.78 is 7.22. The summed E-state index contributed by atoms with van der Waals surface area (Å²) in [5, 5.41) is 7.53. The maximum atomic E-state index is 12.7. The summed E-state index contributed by atoms with van der Waals surface area (Å²) in [6.07, 6.45) is 0. The van der Waals surface area contributed by atoms with Gasteiger partial charge in [0.15, 0.2) is 6.54 Å². The van der Waals surface area contributed by atoms with Crippen molar-refractivity contribution in [3.05, 3.63) is 70.9 Å². The molecular formula is C23H29N4O2+. The van der Waals surface area contributed by atoms with Crippen LogP contribution in [0.15, 0.2) is 48.5 Å². The van der Waals surface area contributed by atoms with Crippen LogP contribution in [0.25, 0.3) is 5.69 Å². The van der Waals surface area contributed by atoms with Crippen LogP contribution in [-0.4, -0.2) is 36.4 Å². The molecule has 0 saturated carbocycles. The van der Waals surface area contributed by atoms with Gasteiger partial charge >= 0.3 is 0 Å². The van der Waals surface area contributed by atoms with Crippen molar-refractivity contribution in [1.29, 1.82) is 0 Å². The number of hydrogen-bond donors (Lipinski definition) is 2. The van der Waals surface area contributed by atoms with Gasteiger partial charge in [-0.05, 0) is 45.0 Å². The van der Waals surface area contributed by atoms with E-state index in [0.29, 0.717) is 18.9 Å². The summed E-state index contributed by atoms with van der Waals surface area (Å²) in [5.74, 6) is 1.48. The molecule has 3 aromatic rings. The molecule has 0 bridgehead atoms. The van der Waals surface area contributed by atoms with Gasteiger partial charge in [0, 0.05) is 11.6 Å². The number of likely N-dealkylation sites (N-methyl/N-ethyl adjacent to an activating group) is 1. The number of carbonyl (C=O) groups is 1. The van der Waals surface area contributed by atoms with E-state index in [1.807, 2.05) is 63.4 Å². The van der Waals surface area contributed by atoms with Gasteiger partial charge in [0.1, 0.15) is 18.1 Å². The van der Waals surface area contributed by atoms with Gasteiger partial charge < -0.3 is 15.0 Å². The molecule has 0 fully saturated rings. The van der Waals surface area contributed by atoms with Crippen LogP contribution in [0, 0.1) is 20.8 Å². The van der Waals surface area contributed by atoms with Crippen LogP contribution in [0.5, 0.6) is 5.75 Å². The van der Waals surface area contributed by atoms with Gasteiger partial charge in [0.25, 0.3) is 5.91 Å². The van der Waals surface area contributed by atoms with Gasteiger partial charge in [-0.15, -0.1) is 0 Å². The summed E-state index contributed by atoms with van der Waals surface area (Å²) in [6, 6.07) is 16.1. The maximum absolute atomic E-state index is 12.7. The molecule has 0 aliphatic carbocycles. The highest BCUT2D eigenvalue weighted by atomic mass is 16.5. The molecule has 0 aliphatic rings. The molecule has 152 valence electrons. The molecule has 1 aromatic heterocycles. The van der Waals surface area contributed by atoms with Crippen LogP contribution in [0.4, 0.5) is 5.82 Å². The number of methoxy groups -OCH3 is 1. The minimum absolute atomic E-state index is 0.0534. The minimum atomic E-state index is -0.0534. The third kappa shape index (κ3) is 5.23. The van der Waals surface area contributed by atoms with Crippen molar-refractivity contribution in [2.24, 2.45) is 0 Å². The summed E-state index contributed by atoms with van der Waals surface area (Å²) in [6.45, 7) is 7.06. The van der Waals surface area contributed by atoms with Crippen molar-refractivity contribution < 1.29 is 14.4 Å². The second-order valence-electron chi connectivity index (χ2n) is 7.59. The fourth-order valence-corrected chi connectivity index (χ4v) is 3.37. The lowest BCUT2D eigenvalue weighted by Gasteiger charge is -2.16. The lowest BCUT2D eigenvalue weighted by Crippen LogP contribution is -3.08. The Hall–Kier alpha value is -3.12. The Kier molecular flexibility index (Phi) is 6.34. The zero-order valence-electron chi connectivity index (χ0n) is 17.7. The molecule has 2 aromatic carbocycles. The average molecular weight is 394 g/mol. The van der Waals surface area contributed by atoms with E-state index in [1.165, 1.54) is 11.1 Å². The van der Waals surface area contributed by atoms with Gasteiger partial charge in [-0.2, -0.15) is 5.10 Å². The van der Waals surface area contributed by atoms with Gasteiger partial charge in [-0.25, -0.2) is 4.68 Å². The Labute approximate surface area is 172 Å². The second-order valence-corrected chi connectivity index (χ2v) is 7.59. The molecule has 1 amide bonds. The number of hydrogen-bond acceptors (Lipinski definition) is 3. The molecule has 2 N–H and O–H groups in total. The number of ether oxygens (including phenoxy) is 1. The van der Waals surface area contributed by atoms with E-state index in [-0.39, 0.29) is 5.91 Å². The van der Waals surface area contributed by atoms with Gasteiger partial charge in [0.2, 0.25) is 0 Å². The Balaban J connectivity index is 1.68. The Morgan fingerprint density at radius 3 is 2.45 bits per heavy atom. The highest BCUT2D eigenvalue weighted by Gasteiger charge is 2.16. The Bertz CT molecular complexity index is 993. The van der Waals surface area contributed by atoms with Crippen LogP contribution in [-0.2, 0) is 11.3 Å². The number of aromatic nitrogens is 2. The predicted molar refractivity (Wildman–Crippen MR) is 115 cm³/mol. The molecule has 0 aliphatic heterocycles. The van der Waals surface area contributed by atoms with Crippen LogP contribution >= 0.6 is 0 Å². The first kappa shape index (κ1) is 20.6. The van der Waals surface area contributed by atoms with Gasteiger partial charge in [-0.3, -0.25) is 4.79 Å². The van der Waals surface area contributed by atoms with Crippen molar-refractivity contribution >= 4 is 11.7 Å². The molecule has 1 heterocycles. The zero-order valence-corrected chi connectivity index (χ0v) is 17.7. The summed E-state index contributed by atoms with van der Waals surface area (Å²) in [4.78, 5) is 13.8. The quantitative estimate of drug-likeness (QED) is 0.648. The lowest BCUT2D eigenvalue weighted by atomic mass is 10.1. The van der Waals surface area contributed by atoms with E-state index >= 15 is 0 Å². The van der Waals surface area contributed by atoms with Crippen molar-refractivity contribution in [3.8, 4) is 11.4 Å². The number of quaternary nitrogens is 1. The van der Waals surface area contributed by atoms with Gasteiger partial charge in [-0.1, -0.05) is 29.3 Å². The first-order chi connectivity index (χ1) is 13.9. The monoisotopic (exact) mass is 393 g/mol. The van der Waals surface area contributed by atoms with E-state index in [0.717, 1.165) is 27.6 Å². The maximum Gasteiger partial charge on any atom is 0.280 e. The molecule has 6 nitrogen and oxygen atoms in total. The first-order valence-electron chi connectivity index (χ1n) is 9.74. The standard InChI is InChI=1S/C23H28N4O2/c1-16-6-9-20(10-7-16)27-22(13-18(3)25-27)24-23(28)15-26(4)14-19-12-17(2)8-11-21(19)29-5/h6-13H,14-15H2,1-5H3,(H,24,28)/p+1. The third-order valence-electron chi connectivity index (χ3n) is 4.77. The predicted octanol–water partition coefficient (Wildman–Crippen LogP) is 2.46. The van der Waals surface area contributed by atoms with E-state index in [1.54, 1.807) is 11.8 Å². The van der Waals surface area contributed by atoms with E-state index in [9.17, 15) is 4.79 Å². The van der Waals surface area contributed by atoms with Crippen LogP contribution in [0.2, 0.25) is 0 Å². The van der Waals surface area contributed by atoms with Gasteiger partial charge in [0.05, 0.1) is 25.5 Å². The third-order valence-corrected chi connectivity index (χ3v) is 4.77. The summed E-state index contributed by atoms with van der Waals surface area (Å²) in [5.41, 5.74) is 5.23. The first-order valence-corrected chi connectivity index (χ1v) is 9.74. The molecule has 0 spiro atoms. The molecule has 29 heavy (non-hydrogen) atoms. The zero-order chi connectivity index (χ0) is 21.0. The molecule has 0 radical (unpaired) electrons. The molecule has 3 rings (SSSR count). The number of aryl methyl sites for hydroxylation is 3. The smallest absolute Gasteiger partial charge is 0.280 e. The van der Waals surface area contributed by atoms with Crippen molar-refractivity contribution in [1.82, 2.24) is 9.78 Å². The highest BCUT2D eigenvalue weighted by Crippen LogP contribution is 2.19. The average Bonchev–Trinajstić information content (AvgIpc) is 3.02. The molecule has 0 saturated heterocycles. The minimum Gasteiger partial charge on any atom is -0.496 e. The molecule has 6 heteroatoms. The molecule has 1 unspecified atom stereocenters. The van der Waals surface area contributed by atoms with E-state index < -0.39 is 0 Å². The number of carbonyl (C=O) groups excluding carboxylic acids is 1. The second kappa shape index (κ2) is 8.92. The number of amides is 1. The lowest BCUT2D eigenvalue weighted by molar-refractivity contribution is -0.885. The summed E-state index contributed by atoms with van der Waals surface area (Å²) >= 11 is 0. The normalized spacial score (nSPS) is 11.9. The van der Waals surface area contributed by atoms with Crippen molar-refractivity contribution in [2.45, 2.75) is 27.3 Å². The number of benzene rings is 2.